The van der Waals surface area contributed by atoms with Crippen molar-refractivity contribution in [2.45, 2.75) is 17.7 Å². The Morgan fingerprint density at radius 2 is 2.05 bits per heavy atom. The van der Waals surface area contributed by atoms with E-state index in [-0.39, 0.29) is 5.91 Å². The minimum absolute atomic E-state index is 0.208. The van der Waals surface area contributed by atoms with Gasteiger partial charge in [-0.05, 0) is 23.8 Å². The second-order valence-corrected chi connectivity index (χ2v) is 5.68. The van der Waals surface area contributed by atoms with Gasteiger partial charge in [-0.15, -0.1) is 11.8 Å². The summed E-state index contributed by atoms with van der Waals surface area (Å²) in [6.45, 7) is 0. The molecule has 3 rings (SSSR count). The van der Waals surface area contributed by atoms with E-state index >= 15 is 0 Å². The van der Waals surface area contributed by atoms with Crippen molar-refractivity contribution in [2.24, 2.45) is 0 Å². The monoisotopic (exact) mass is 288 g/mol. The van der Waals surface area contributed by atoms with Crippen molar-refractivity contribution in [1.82, 2.24) is 4.98 Å². The molecule has 1 aliphatic heterocycles. The minimum Gasteiger partial charge on any atom is -0.307 e. The second kappa shape index (κ2) is 5.63. The van der Waals surface area contributed by atoms with E-state index in [4.69, 9.17) is 0 Å². The fraction of sp³-hybridized carbons (Fsp3) is 0.200. The van der Waals surface area contributed by atoms with E-state index < -0.39 is 5.50 Å². The maximum absolute atomic E-state index is 13.4. The van der Waals surface area contributed by atoms with Crippen molar-refractivity contribution in [2.75, 3.05) is 5.32 Å². The van der Waals surface area contributed by atoms with Gasteiger partial charge in [0, 0.05) is 17.7 Å². The van der Waals surface area contributed by atoms with Gasteiger partial charge in [0.2, 0.25) is 0 Å². The maximum atomic E-state index is 13.4. The Balaban J connectivity index is 1.78. The van der Waals surface area contributed by atoms with Crippen LogP contribution >= 0.6 is 11.8 Å². The highest BCUT2D eigenvalue weighted by molar-refractivity contribution is 7.99. The third-order valence-corrected chi connectivity index (χ3v) is 4.13. The number of halogens is 1. The smallest absolute Gasteiger partial charge is 0.256 e. The molecule has 0 saturated carbocycles. The summed E-state index contributed by atoms with van der Waals surface area (Å²) in [5, 5.41) is 2.74. The molecule has 3 nitrogen and oxygen atoms in total. The van der Waals surface area contributed by atoms with Gasteiger partial charge in [0.05, 0.1) is 5.69 Å². The summed E-state index contributed by atoms with van der Waals surface area (Å²) >= 11 is 1.28. The summed E-state index contributed by atoms with van der Waals surface area (Å²) in [4.78, 5) is 16.4. The number of thioether (sulfide) groups is 1. The Morgan fingerprint density at radius 1 is 1.25 bits per heavy atom. The van der Waals surface area contributed by atoms with Crippen molar-refractivity contribution >= 4 is 23.5 Å². The van der Waals surface area contributed by atoms with Crippen LogP contribution in [0, 0.1) is 0 Å². The van der Waals surface area contributed by atoms with Crippen LogP contribution in [0.25, 0.3) is 0 Å². The van der Waals surface area contributed by atoms with Crippen LogP contribution in [0.3, 0.4) is 0 Å². The molecule has 5 heteroatoms. The molecule has 1 amide bonds. The van der Waals surface area contributed by atoms with Crippen LogP contribution in [0.15, 0.2) is 42.5 Å². The number of nitrogens with one attached hydrogen (secondary N) is 1. The van der Waals surface area contributed by atoms with Gasteiger partial charge in [0.1, 0.15) is 5.82 Å². The number of nitrogens with zero attached hydrogens (tertiary/aromatic N) is 1. The van der Waals surface area contributed by atoms with Crippen LogP contribution in [-0.4, -0.2) is 16.4 Å². The SMILES string of the molecule is O=C(Nc1ccc2c(n1)CC(F)SC2)c1ccccc1. The number of amides is 1. The van der Waals surface area contributed by atoms with E-state index in [9.17, 15) is 9.18 Å². The molecular weight excluding hydrogens is 275 g/mol. The molecule has 0 radical (unpaired) electrons. The zero-order chi connectivity index (χ0) is 13.9. The largest absolute Gasteiger partial charge is 0.307 e. The summed E-state index contributed by atoms with van der Waals surface area (Å²) in [6.07, 6.45) is 0.301. The number of pyridine rings is 1. The Bertz CT molecular complexity index is 633. The third-order valence-electron chi connectivity index (χ3n) is 3.12. The standard InChI is InChI=1S/C15H13FN2OS/c16-13-8-12-11(9-20-13)6-7-14(17-12)18-15(19)10-4-2-1-3-5-10/h1-7,13H,8-9H2,(H,17,18,19). The van der Waals surface area contributed by atoms with Gasteiger partial charge in [-0.25, -0.2) is 9.37 Å². The Morgan fingerprint density at radius 3 is 2.85 bits per heavy atom. The van der Waals surface area contributed by atoms with Crippen LogP contribution in [0.2, 0.25) is 0 Å². The number of hydrogen-bond acceptors (Lipinski definition) is 3. The van der Waals surface area contributed by atoms with E-state index in [1.165, 1.54) is 11.8 Å². The summed E-state index contributed by atoms with van der Waals surface area (Å²) < 4.78 is 13.4. The maximum Gasteiger partial charge on any atom is 0.256 e. The van der Waals surface area contributed by atoms with E-state index in [0.29, 0.717) is 23.6 Å². The molecule has 102 valence electrons. The highest BCUT2D eigenvalue weighted by Gasteiger charge is 2.20. The molecular formula is C15H13FN2OS. The number of anilines is 1. The molecule has 0 aliphatic carbocycles. The minimum atomic E-state index is -0.907. The lowest BCUT2D eigenvalue weighted by molar-refractivity contribution is 0.102. The van der Waals surface area contributed by atoms with Gasteiger partial charge in [-0.2, -0.15) is 0 Å². The first kappa shape index (κ1) is 13.1. The predicted octanol–water partition coefficient (Wildman–Crippen LogP) is 3.42. The molecule has 1 aromatic heterocycles. The fourth-order valence-corrected chi connectivity index (χ4v) is 2.98. The first-order chi connectivity index (χ1) is 9.72. The molecule has 0 spiro atoms. The van der Waals surface area contributed by atoms with Crippen LogP contribution in [-0.2, 0) is 12.2 Å². The Hall–Kier alpha value is -1.88. The van der Waals surface area contributed by atoms with E-state index in [0.717, 1.165) is 11.3 Å². The molecule has 1 atom stereocenters. The molecule has 1 aromatic carbocycles. The number of carbonyl (C=O) groups excluding carboxylic acids is 1. The number of fused-ring (bicyclic) bond motifs is 1. The fourth-order valence-electron chi connectivity index (χ4n) is 2.08. The lowest BCUT2D eigenvalue weighted by atomic mass is 10.1. The molecule has 2 heterocycles. The molecule has 2 aromatic rings. The van der Waals surface area contributed by atoms with Gasteiger partial charge < -0.3 is 5.32 Å². The molecule has 1 unspecified atom stereocenters. The average Bonchev–Trinajstić information content (AvgIpc) is 2.47. The first-order valence-electron chi connectivity index (χ1n) is 6.33. The number of carbonyl (C=O) groups is 1. The van der Waals surface area contributed by atoms with Crippen molar-refractivity contribution in [3.8, 4) is 0 Å². The Labute approximate surface area is 120 Å². The summed E-state index contributed by atoms with van der Waals surface area (Å²) in [6, 6.07) is 12.6. The van der Waals surface area contributed by atoms with Crippen molar-refractivity contribution < 1.29 is 9.18 Å². The van der Waals surface area contributed by atoms with Crippen molar-refractivity contribution in [3.05, 3.63) is 59.3 Å². The van der Waals surface area contributed by atoms with Gasteiger partial charge in [0.25, 0.3) is 5.91 Å². The molecule has 0 bridgehead atoms. The van der Waals surface area contributed by atoms with Crippen LogP contribution in [0.4, 0.5) is 10.2 Å². The zero-order valence-electron chi connectivity index (χ0n) is 10.7. The summed E-state index contributed by atoms with van der Waals surface area (Å²) in [5.41, 5.74) is 1.45. The van der Waals surface area contributed by atoms with Crippen LogP contribution < -0.4 is 5.32 Å². The van der Waals surface area contributed by atoms with Gasteiger partial charge in [0.15, 0.2) is 5.50 Å². The topological polar surface area (TPSA) is 42.0 Å². The predicted molar refractivity (Wildman–Crippen MR) is 78.5 cm³/mol. The van der Waals surface area contributed by atoms with E-state index in [1.54, 1.807) is 30.3 Å². The highest BCUT2D eigenvalue weighted by atomic mass is 32.2. The first-order valence-corrected chi connectivity index (χ1v) is 7.38. The number of aromatic nitrogens is 1. The average molecular weight is 288 g/mol. The quantitative estimate of drug-likeness (QED) is 0.920. The van der Waals surface area contributed by atoms with Gasteiger partial charge in [-0.1, -0.05) is 24.3 Å². The van der Waals surface area contributed by atoms with Gasteiger partial charge >= 0.3 is 0 Å². The molecule has 1 N–H and O–H groups in total. The molecule has 20 heavy (non-hydrogen) atoms. The Kier molecular flexibility index (Phi) is 3.69. The zero-order valence-corrected chi connectivity index (χ0v) is 11.5. The summed E-state index contributed by atoms with van der Waals surface area (Å²) in [5.74, 6) is 0.896. The molecule has 0 fully saturated rings. The highest BCUT2D eigenvalue weighted by Crippen LogP contribution is 2.30. The molecule has 1 aliphatic rings. The van der Waals surface area contributed by atoms with E-state index in [1.807, 2.05) is 12.1 Å². The second-order valence-electron chi connectivity index (χ2n) is 4.55. The lowest BCUT2D eigenvalue weighted by Crippen LogP contribution is -2.16. The van der Waals surface area contributed by atoms with Crippen LogP contribution in [0.1, 0.15) is 21.6 Å². The summed E-state index contributed by atoms with van der Waals surface area (Å²) in [7, 11) is 0. The van der Waals surface area contributed by atoms with E-state index in [2.05, 4.69) is 10.3 Å². The third kappa shape index (κ3) is 2.82. The van der Waals surface area contributed by atoms with Crippen molar-refractivity contribution in [3.63, 3.8) is 0 Å². The van der Waals surface area contributed by atoms with Crippen molar-refractivity contribution in [1.29, 1.82) is 0 Å². The van der Waals surface area contributed by atoms with Gasteiger partial charge in [-0.3, -0.25) is 4.79 Å². The lowest BCUT2D eigenvalue weighted by Gasteiger charge is -2.18. The number of alkyl halides is 1. The normalized spacial score (nSPS) is 17.4. The number of benzene rings is 1. The number of rotatable bonds is 2. The molecule has 0 saturated heterocycles. The number of hydrogen-bond donors (Lipinski definition) is 1. The van der Waals surface area contributed by atoms with Crippen LogP contribution in [0.5, 0.6) is 0 Å².